The maximum atomic E-state index is 12.6. The smallest absolute Gasteiger partial charge is 0.252 e. The van der Waals surface area contributed by atoms with E-state index in [9.17, 15) is 4.79 Å². The van der Waals surface area contributed by atoms with Crippen LogP contribution >= 0.6 is 11.3 Å². The van der Waals surface area contributed by atoms with Crippen molar-refractivity contribution in [3.05, 3.63) is 46.8 Å². The second-order valence-electron chi connectivity index (χ2n) is 6.17. The van der Waals surface area contributed by atoms with Crippen LogP contribution in [0.15, 0.2) is 41.4 Å². The minimum atomic E-state index is -0.247. The molecule has 0 radical (unpaired) electrons. The van der Waals surface area contributed by atoms with Crippen molar-refractivity contribution in [2.24, 2.45) is 4.99 Å². The highest BCUT2D eigenvalue weighted by Crippen LogP contribution is 2.35. The van der Waals surface area contributed by atoms with Crippen molar-refractivity contribution < 1.29 is 19.0 Å². The molecule has 0 aliphatic carbocycles. The van der Waals surface area contributed by atoms with Crippen molar-refractivity contribution in [1.82, 2.24) is 4.57 Å². The average Bonchev–Trinajstić information content (AvgIpc) is 3.02. The van der Waals surface area contributed by atoms with Gasteiger partial charge in [0.25, 0.3) is 5.91 Å². The summed E-state index contributed by atoms with van der Waals surface area (Å²) in [6, 6.07) is 11.2. The minimum Gasteiger partial charge on any atom is -0.497 e. The number of nitrogens with zero attached hydrogens (tertiary/aromatic N) is 2. The summed E-state index contributed by atoms with van der Waals surface area (Å²) < 4.78 is 19.3. The van der Waals surface area contributed by atoms with E-state index in [1.54, 1.807) is 7.11 Å². The van der Waals surface area contributed by atoms with Gasteiger partial charge in [0.2, 0.25) is 0 Å². The average molecular weight is 394 g/mol. The number of amides is 1. The molecule has 2 aromatic carbocycles. The minimum absolute atomic E-state index is 0.185. The molecule has 142 valence electrons. The number of rotatable bonds is 4. The first-order valence-corrected chi connectivity index (χ1v) is 9.56. The van der Waals surface area contributed by atoms with E-state index in [4.69, 9.17) is 20.6 Å². The van der Waals surface area contributed by atoms with Gasteiger partial charge in [0.15, 0.2) is 16.3 Å². The van der Waals surface area contributed by atoms with Gasteiger partial charge in [-0.25, -0.2) is 0 Å². The molecule has 0 saturated carbocycles. The zero-order valence-electron chi connectivity index (χ0n) is 15.3. The van der Waals surface area contributed by atoms with Crippen LogP contribution in [0, 0.1) is 12.3 Å². The van der Waals surface area contributed by atoms with E-state index < -0.39 is 0 Å². The number of fused-ring (bicyclic) bond motifs is 2. The maximum absolute atomic E-state index is 12.6. The molecule has 1 aliphatic rings. The summed E-state index contributed by atoms with van der Waals surface area (Å²) in [6.45, 7) is 1.34. The fourth-order valence-corrected chi connectivity index (χ4v) is 4.10. The zero-order chi connectivity index (χ0) is 19.5. The van der Waals surface area contributed by atoms with Crippen molar-refractivity contribution >= 4 is 27.5 Å². The number of carbonyl (C=O) groups excluding carboxylic acids is 1. The van der Waals surface area contributed by atoms with E-state index in [-0.39, 0.29) is 12.3 Å². The standard InChI is InChI=1S/C21H18N2O4S/c1-3-7-23-16-12-17-18(27-9-8-26-17)13-19(16)28-21(23)22-20(24)11-14-5-4-6-15(10-14)25-2/h1,4-6,10,12-13H,7-9,11H2,2H3. The molecule has 0 atom stereocenters. The number of hydrogen-bond acceptors (Lipinski definition) is 5. The molecule has 0 N–H and O–H groups in total. The van der Waals surface area contributed by atoms with E-state index in [2.05, 4.69) is 10.9 Å². The van der Waals surface area contributed by atoms with Crippen LogP contribution in [0.3, 0.4) is 0 Å². The third-order valence-corrected chi connectivity index (χ3v) is 5.35. The highest BCUT2D eigenvalue weighted by Gasteiger charge is 2.16. The lowest BCUT2D eigenvalue weighted by molar-refractivity contribution is -0.117. The molecule has 2 heterocycles. The van der Waals surface area contributed by atoms with Gasteiger partial charge in [-0.3, -0.25) is 4.79 Å². The molecule has 3 aromatic rings. The number of aromatic nitrogens is 1. The van der Waals surface area contributed by atoms with Gasteiger partial charge in [0.05, 0.1) is 30.3 Å². The van der Waals surface area contributed by atoms with Crippen LogP contribution in [0.5, 0.6) is 17.2 Å². The molecular formula is C21H18N2O4S. The molecule has 7 heteroatoms. The fraction of sp³-hybridized carbons (Fsp3) is 0.238. The third kappa shape index (κ3) is 3.59. The lowest BCUT2D eigenvalue weighted by atomic mass is 10.1. The molecule has 0 bridgehead atoms. The van der Waals surface area contributed by atoms with E-state index >= 15 is 0 Å². The van der Waals surface area contributed by atoms with Crippen molar-refractivity contribution in [1.29, 1.82) is 0 Å². The van der Waals surface area contributed by atoms with Gasteiger partial charge in [-0.15, -0.1) is 6.42 Å². The van der Waals surface area contributed by atoms with Crippen molar-refractivity contribution in [2.45, 2.75) is 13.0 Å². The number of benzene rings is 2. The Morgan fingerprint density at radius 2 is 2.07 bits per heavy atom. The molecule has 4 rings (SSSR count). The Hall–Kier alpha value is -3.24. The summed E-state index contributed by atoms with van der Waals surface area (Å²) in [5.41, 5.74) is 1.72. The summed E-state index contributed by atoms with van der Waals surface area (Å²) in [5, 5.41) is 0. The SMILES string of the molecule is C#CCn1c(=NC(=O)Cc2cccc(OC)c2)sc2cc3c(cc21)OCCO3. The topological polar surface area (TPSA) is 62.1 Å². The molecule has 1 amide bonds. The Morgan fingerprint density at radius 3 is 2.82 bits per heavy atom. The van der Waals surface area contributed by atoms with Crippen LogP contribution in [0.25, 0.3) is 10.2 Å². The predicted molar refractivity (Wildman–Crippen MR) is 107 cm³/mol. The summed E-state index contributed by atoms with van der Waals surface area (Å²) >= 11 is 1.40. The number of thiazole rings is 1. The van der Waals surface area contributed by atoms with Gasteiger partial charge < -0.3 is 18.8 Å². The number of carbonyl (C=O) groups is 1. The predicted octanol–water partition coefficient (Wildman–Crippen LogP) is 2.79. The Labute approximate surface area is 166 Å². The van der Waals surface area contributed by atoms with Crippen LogP contribution in [-0.2, 0) is 17.8 Å². The van der Waals surface area contributed by atoms with Gasteiger partial charge in [-0.05, 0) is 17.7 Å². The third-order valence-electron chi connectivity index (χ3n) is 4.31. The summed E-state index contributed by atoms with van der Waals surface area (Å²) in [6.07, 6.45) is 5.73. The largest absolute Gasteiger partial charge is 0.497 e. The normalized spacial score (nSPS) is 13.4. The van der Waals surface area contributed by atoms with E-state index in [1.807, 2.05) is 41.0 Å². The lowest BCUT2D eigenvalue weighted by Crippen LogP contribution is -2.17. The van der Waals surface area contributed by atoms with Gasteiger partial charge in [-0.1, -0.05) is 29.4 Å². The van der Waals surface area contributed by atoms with Crippen LogP contribution < -0.4 is 19.0 Å². The maximum Gasteiger partial charge on any atom is 0.252 e. The fourth-order valence-electron chi connectivity index (χ4n) is 3.04. The van der Waals surface area contributed by atoms with Crippen LogP contribution in [0.2, 0.25) is 0 Å². The highest BCUT2D eigenvalue weighted by atomic mass is 32.1. The van der Waals surface area contributed by atoms with E-state index in [0.29, 0.717) is 41.8 Å². The molecule has 0 unspecified atom stereocenters. The molecule has 1 aliphatic heterocycles. The van der Waals surface area contributed by atoms with E-state index in [1.165, 1.54) is 11.3 Å². The Balaban J connectivity index is 1.72. The van der Waals surface area contributed by atoms with Crippen molar-refractivity contribution in [3.63, 3.8) is 0 Å². The van der Waals surface area contributed by atoms with Gasteiger partial charge in [0, 0.05) is 12.1 Å². The first kappa shape index (κ1) is 18.1. The molecule has 1 aromatic heterocycles. The molecular weight excluding hydrogens is 376 g/mol. The molecule has 6 nitrogen and oxygen atoms in total. The Kier molecular flexibility index (Phi) is 5.04. The molecule has 0 spiro atoms. The lowest BCUT2D eigenvalue weighted by Gasteiger charge is -2.18. The monoisotopic (exact) mass is 394 g/mol. The first-order valence-electron chi connectivity index (χ1n) is 8.75. The van der Waals surface area contributed by atoms with Gasteiger partial charge >= 0.3 is 0 Å². The Morgan fingerprint density at radius 1 is 1.29 bits per heavy atom. The Bertz CT molecular complexity index is 1150. The number of ether oxygens (including phenoxy) is 3. The molecule has 0 saturated heterocycles. The van der Waals surface area contributed by atoms with Crippen LogP contribution in [0.4, 0.5) is 0 Å². The summed E-state index contributed by atoms with van der Waals surface area (Å²) in [5.74, 6) is 4.47. The number of methoxy groups -OCH3 is 1. The van der Waals surface area contributed by atoms with Crippen LogP contribution in [0.1, 0.15) is 5.56 Å². The summed E-state index contributed by atoms with van der Waals surface area (Å²) in [4.78, 5) is 17.4. The second kappa shape index (κ2) is 7.79. The van der Waals surface area contributed by atoms with Gasteiger partial charge in [-0.2, -0.15) is 4.99 Å². The van der Waals surface area contributed by atoms with Crippen molar-refractivity contribution in [3.8, 4) is 29.6 Å². The number of terminal acetylenes is 1. The first-order chi connectivity index (χ1) is 13.7. The van der Waals surface area contributed by atoms with Crippen molar-refractivity contribution in [2.75, 3.05) is 20.3 Å². The number of hydrogen-bond donors (Lipinski definition) is 0. The second-order valence-corrected chi connectivity index (χ2v) is 7.18. The zero-order valence-corrected chi connectivity index (χ0v) is 16.1. The van der Waals surface area contributed by atoms with E-state index in [0.717, 1.165) is 15.8 Å². The molecule has 28 heavy (non-hydrogen) atoms. The van der Waals surface area contributed by atoms with Crippen LogP contribution in [-0.4, -0.2) is 30.8 Å². The summed E-state index contributed by atoms with van der Waals surface area (Å²) in [7, 11) is 1.60. The highest BCUT2D eigenvalue weighted by molar-refractivity contribution is 7.16. The van der Waals surface area contributed by atoms with Gasteiger partial charge in [0.1, 0.15) is 19.0 Å². The quantitative estimate of drug-likeness (QED) is 0.639. The molecule has 0 fully saturated rings.